The van der Waals surface area contributed by atoms with Crippen molar-refractivity contribution in [2.75, 3.05) is 0 Å². The van der Waals surface area contributed by atoms with Gasteiger partial charge in [0.05, 0.1) is 23.4 Å². The molecule has 0 saturated heterocycles. The summed E-state index contributed by atoms with van der Waals surface area (Å²) >= 11 is 5.94. The molecule has 29 heavy (non-hydrogen) atoms. The Kier molecular flexibility index (Phi) is 5.32. The van der Waals surface area contributed by atoms with Gasteiger partial charge in [-0.15, -0.1) is 0 Å². The van der Waals surface area contributed by atoms with Crippen LogP contribution in [0.25, 0.3) is 11.0 Å². The fraction of sp³-hybridized carbons (Fsp3) is 0.130. The van der Waals surface area contributed by atoms with Crippen molar-refractivity contribution in [3.05, 3.63) is 101 Å². The lowest BCUT2D eigenvalue weighted by Crippen LogP contribution is -2.26. The van der Waals surface area contributed by atoms with Crippen LogP contribution < -0.4 is 5.32 Å². The van der Waals surface area contributed by atoms with Gasteiger partial charge in [0.25, 0.3) is 5.91 Å². The maximum Gasteiger partial charge on any atom is 0.251 e. The van der Waals surface area contributed by atoms with Crippen LogP contribution in [0.5, 0.6) is 0 Å². The fourth-order valence-electron chi connectivity index (χ4n) is 3.23. The number of hydrogen-bond donors (Lipinski definition) is 1. The zero-order valence-electron chi connectivity index (χ0n) is 15.8. The van der Waals surface area contributed by atoms with Gasteiger partial charge in [-0.2, -0.15) is 0 Å². The van der Waals surface area contributed by atoms with E-state index < -0.39 is 0 Å². The number of imidazole rings is 1. The first-order valence-electron chi connectivity index (χ1n) is 9.25. The summed E-state index contributed by atoms with van der Waals surface area (Å²) in [5.74, 6) is -0.497. The summed E-state index contributed by atoms with van der Waals surface area (Å²) in [5, 5.41) is 3.64. The molecule has 1 aromatic heterocycles. The van der Waals surface area contributed by atoms with E-state index >= 15 is 0 Å². The van der Waals surface area contributed by atoms with E-state index in [-0.39, 0.29) is 17.8 Å². The number of benzene rings is 3. The molecule has 0 bridgehead atoms. The maximum atomic E-state index is 13.1. The quantitative estimate of drug-likeness (QED) is 0.483. The van der Waals surface area contributed by atoms with E-state index in [0.29, 0.717) is 17.1 Å². The Labute approximate surface area is 173 Å². The molecule has 0 radical (unpaired) electrons. The molecule has 3 aromatic carbocycles. The van der Waals surface area contributed by atoms with E-state index in [1.807, 2.05) is 41.8 Å². The van der Waals surface area contributed by atoms with Gasteiger partial charge < -0.3 is 9.88 Å². The number of halogens is 2. The molecule has 146 valence electrons. The number of carbonyl (C=O) groups excluding carboxylic acids is 1. The Bertz CT molecular complexity index is 1150. The van der Waals surface area contributed by atoms with Crippen molar-refractivity contribution in [1.82, 2.24) is 14.9 Å². The predicted molar refractivity (Wildman–Crippen MR) is 113 cm³/mol. The molecular formula is C23H19ClFN3O. The molecule has 0 fully saturated rings. The molecule has 1 heterocycles. The van der Waals surface area contributed by atoms with Gasteiger partial charge in [0.1, 0.15) is 5.82 Å². The van der Waals surface area contributed by atoms with Crippen molar-refractivity contribution in [2.24, 2.45) is 0 Å². The number of carbonyl (C=O) groups is 1. The van der Waals surface area contributed by atoms with E-state index in [4.69, 9.17) is 11.6 Å². The summed E-state index contributed by atoms with van der Waals surface area (Å²) in [6.07, 6.45) is 1.77. The minimum Gasteiger partial charge on any atom is -0.346 e. The summed E-state index contributed by atoms with van der Waals surface area (Å²) in [7, 11) is 0. The molecule has 0 aliphatic carbocycles. The molecule has 1 N–H and O–H groups in total. The first kappa shape index (κ1) is 19.2. The summed E-state index contributed by atoms with van der Waals surface area (Å²) < 4.78 is 15.1. The van der Waals surface area contributed by atoms with Gasteiger partial charge in [-0.05, 0) is 60.5 Å². The van der Waals surface area contributed by atoms with Gasteiger partial charge in [-0.3, -0.25) is 4.79 Å². The van der Waals surface area contributed by atoms with Crippen LogP contribution in [0.3, 0.4) is 0 Å². The first-order chi connectivity index (χ1) is 14.0. The van der Waals surface area contributed by atoms with E-state index in [1.54, 1.807) is 30.6 Å². The summed E-state index contributed by atoms with van der Waals surface area (Å²) in [4.78, 5) is 17.1. The molecule has 0 spiro atoms. The first-order valence-corrected chi connectivity index (χ1v) is 9.63. The number of fused-ring (bicyclic) bond motifs is 1. The normalized spacial score (nSPS) is 12.1. The minimum absolute atomic E-state index is 0.198. The van der Waals surface area contributed by atoms with Crippen LogP contribution in [0.1, 0.15) is 34.5 Å². The molecule has 0 aliphatic rings. The van der Waals surface area contributed by atoms with E-state index in [9.17, 15) is 9.18 Å². The summed E-state index contributed by atoms with van der Waals surface area (Å²) in [6.45, 7) is 2.53. The van der Waals surface area contributed by atoms with Crippen LogP contribution in [0, 0.1) is 5.82 Å². The monoisotopic (exact) mass is 407 g/mol. The number of hydrogen-bond acceptors (Lipinski definition) is 2. The second-order valence-corrected chi connectivity index (χ2v) is 7.39. The molecule has 6 heteroatoms. The van der Waals surface area contributed by atoms with Crippen molar-refractivity contribution >= 4 is 28.5 Å². The molecule has 4 aromatic rings. The van der Waals surface area contributed by atoms with Crippen LogP contribution >= 0.6 is 11.6 Å². The maximum absolute atomic E-state index is 13.1. The third-order valence-corrected chi connectivity index (χ3v) is 5.12. The molecule has 1 atom stereocenters. The number of nitrogens with zero attached hydrogens (tertiary/aromatic N) is 2. The third kappa shape index (κ3) is 4.30. The molecule has 0 aliphatic heterocycles. The van der Waals surface area contributed by atoms with Crippen LogP contribution in [-0.2, 0) is 6.54 Å². The van der Waals surface area contributed by atoms with E-state index in [1.165, 1.54) is 12.1 Å². The average Bonchev–Trinajstić information content (AvgIpc) is 3.12. The second-order valence-electron chi connectivity index (χ2n) is 6.95. The number of rotatable bonds is 5. The predicted octanol–water partition coefficient (Wildman–Crippen LogP) is 5.37. The lowest BCUT2D eigenvalue weighted by molar-refractivity contribution is 0.0940. The zero-order valence-corrected chi connectivity index (χ0v) is 16.5. The highest BCUT2D eigenvalue weighted by Crippen LogP contribution is 2.19. The molecule has 4 rings (SSSR count). The topological polar surface area (TPSA) is 46.9 Å². The third-order valence-electron chi connectivity index (χ3n) is 4.87. The van der Waals surface area contributed by atoms with Crippen LogP contribution in [-0.4, -0.2) is 15.5 Å². The van der Waals surface area contributed by atoms with Gasteiger partial charge in [-0.25, -0.2) is 9.37 Å². The lowest BCUT2D eigenvalue weighted by atomic mass is 10.1. The van der Waals surface area contributed by atoms with Gasteiger partial charge in [0, 0.05) is 17.1 Å². The Morgan fingerprint density at radius 1 is 1.10 bits per heavy atom. The smallest absolute Gasteiger partial charge is 0.251 e. The number of amides is 1. The Balaban J connectivity index is 1.50. The number of nitrogens with one attached hydrogen (secondary N) is 1. The van der Waals surface area contributed by atoms with Crippen molar-refractivity contribution in [3.63, 3.8) is 0 Å². The second kappa shape index (κ2) is 8.05. The SMILES string of the molecule is CC(NC(=O)c1ccc2c(c1)ncn2Cc1ccc(Cl)cc1)c1ccc(F)cc1. The standard InChI is InChI=1S/C23H19ClFN3O/c1-15(17-4-9-20(25)10-5-17)27-23(29)18-6-11-22-21(12-18)26-14-28(22)13-16-2-7-19(24)8-3-16/h2-12,14-15H,13H2,1H3,(H,27,29). The van der Waals surface area contributed by atoms with Crippen molar-refractivity contribution < 1.29 is 9.18 Å². The molecular weight excluding hydrogens is 389 g/mol. The van der Waals surface area contributed by atoms with Crippen LogP contribution in [0.4, 0.5) is 4.39 Å². The van der Waals surface area contributed by atoms with Gasteiger partial charge in [-0.1, -0.05) is 35.9 Å². The zero-order chi connectivity index (χ0) is 20.4. The largest absolute Gasteiger partial charge is 0.346 e. The summed E-state index contributed by atoms with van der Waals surface area (Å²) in [5.41, 5.74) is 4.18. The molecule has 0 saturated carbocycles. The van der Waals surface area contributed by atoms with Gasteiger partial charge in [0.2, 0.25) is 0 Å². The Morgan fingerprint density at radius 2 is 1.83 bits per heavy atom. The Morgan fingerprint density at radius 3 is 2.55 bits per heavy atom. The fourth-order valence-corrected chi connectivity index (χ4v) is 3.36. The average molecular weight is 408 g/mol. The van der Waals surface area contributed by atoms with Crippen molar-refractivity contribution in [2.45, 2.75) is 19.5 Å². The van der Waals surface area contributed by atoms with Gasteiger partial charge in [0.15, 0.2) is 0 Å². The lowest BCUT2D eigenvalue weighted by Gasteiger charge is -2.14. The molecule has 4 nitrogen and oxygen atoms in total. The van der Waals surface area contributed by atoms with Crippen LogP contribution in [0.15, 0.2) is 73.1 Å². The van der Waals surface area contributed by atoms with Crippen LogP contribution in [0.2, 0.25) is 5.02 Å². The molecule has 1 amide bonds. The van der Waals surface area contributed by atoms with E-state index in [2.05, 4.69) is 10.3 Å². The van der Waals surface area contributed by atoms with E-state index in [0.717, 1.165) is 22.2 Å². The Hall–Kier alpha value is -3.18. The van der Waals surface area contributed by atoms with Crippen molar-refractivity contribution in [3.8, 4) is 0 Å². The summed E-state index contributed by atoms with van der Waals surface area (Å²) in [6, 6.07) is 19.0. The van der Waals surface area contributed by atoms with Crippen molar-refractivity contribution in [1.29, 1.82) is 0 Å². The highest BCUT2D eigenvalue weighted by Gasteiger charge is 2.13. The molecule has 1 unspecified atom stereocenters. The number of aromatic nitrogens is 2. The van der Waals surface area contributed by atoms with Gasteiger partial charge >= 0.3 is 0 Å². The highest BCUT2D eigenvalue weighted by molar-refractivity contribution is 6.30. The minimum atomic E-state index is -0.299. The highest BCUT2D eigenvalue weighted by atomic mass is 35.5.